The molecule has 4 rings (SSSR count). The molecule has 0 heterocycles. The van der Waals surface area contributed by atoms with E-state index in [0.29, 0.717) is 25.0 Å². The molecule has 2 fully saturated rings. The van der Waals surface area contributed by atoms with Gasteiger partial charge in [-0.1, -0.05) is 18.5 Å². The Kier molecular flexibility index (Phi) is 6.89. The Bertz CT molecular complexity index is 1280. The quantitative estimate of drug-likeness (QED) is 0.420. The third-order valence-corrected chi connectivity index (χ3v) is 9.73. The standard InChI is InChI=1S/C24H23ClF3NO5S/c1-11-5-14-6-15(10-34-12(2)30)21(11)23(14)35(32,33)20-7-13(3-4-17(20)25)24(31)29-16-8-18(26)22(28)19(27)9-16/h3-4,7-9,11,14-15,21,23H,5-6,10H2,1-2H3,(H,29,31)/t11-,14?,15?,21?,23+/m0/s1. The first kappa shape index (κ1) is 25.5. The first-order valence-electron chi connectivity index (χ1n) is 11.0. The highest BCUT2D eigenvalue weighted by atomic mass is 35.5. The molecule has 11 heteroatoms. The van der Waals surface area contributed by atoms with Crippen LogP contribution in [0.1, 0.15) is 37.0 Å². The van der Waals surface area contributed by atoms with Crippen LogP contribution in [-0.4, -0.2) is 32.2 Å². The van der Waals surface area contributed by atoms with Crippen LogP contribution in [0.2, 0.25) is 5.02 Å². The smallest absolute Gasteiger partial charge is 0.302 e. The summed E-state index contributed by atoms with van der Waals surface area (Å²) in [5.41, 5.74) is -0.435. The lowest BCUT2D eigenvalue weighted by Gasteiger charge is -2.27. The van der Waals surface area contributed by atoms with Crippen LogP contribution in [0.4, 0.5) is 18.9 Å². The fraction of sp³-hybridized carbons (Fsp3) is 0.417. The molecule has 1 amide bonds. The van der Waals surface area contributed by atoms with Crippen molar-refractivity contribution < 1.29 is 35.9 Å². The number of hydrogen-bond acceptors (Lipinski definition) is 5. The predicted octanol–water partition coefficient (Wildman–Crippen LogP) is 5.01. The van der Waals surface area contributed by atoms with Gasteiger partial charge < -0.3 is 10.1 Å². The van der Waals surface area contributed by atoms with E-state index in [1.54, 1.807) is 0 Å². The van der Waals surface area contributed by atoms with E-state index in [2.05, 4.69) is 5.32 Å². The van der Waals surface area contributed by atoms with Crippen molar-refractivity contribution in [3.05, 3.63) is 58.4 Å². The minimum absolute atomic E-state index is 0.0593. The van der Waals surface area contributed by atoms with Crippen LogP contribution in [0.3, 0.4) is 0 Å². The normalized spacial score (nSPS) is 25.5. The highest BCUT2D eigenvalue weighted by Crippen LogP contribution is 2.56. The largest absolute Gasteiger partial charge is 0.466 e. The number of esters is 1. The molecule has 0 spiro atoms. The summed E-state index contributed by atoms with van der Waals surface area (Å²) in [7, 11) is -3.98. The van der Waals surface area contributed by atoms with Crippen molar-refractivity contribution in [2.24, 2.45) is 23.7 Å². The second kappa shape index (κ2) is 9.46. The van der Waals surface area contributed by atoms with Crippen LogP contribution in [0.5, 0.6) is 0 Å². The number of fused-ring (bicyclic) bond motifs is 2. The highest BCUT2D eigenvalue weighted by Gasteiger charge is 2.57. The SMILES string of the molecule is CC(=O)OCC1CC2C[C@H](C)C1[C@@H]2S(=O)(=O)c1cc(C(=O)Nc2cc(F)c(F)c(F)c2)ccc1Cl. The average Bonchev–Trinajstić information content (AvgIpc) is 3.30. The number of rotatable bonds is 6. The molecule has 3 unspecified atom stereocenters. The maximum atomic E-state index is 13.7. The van der Waals surface area contributed by atoms with Gasteiger partial charge in [0.15, 0.2) is 27.3 Å². The van der Waals surface area contributed by atoms with Gasteiger partial charge in [-0.15, -0.1) is 0 Å². The Morgan fingerprint density at radius 2 is 1.77 bits per heavy atom. The zero-order valence-electron chi connectivity index (χ0n) is 18.9. The summed E-state index contributed by atoms with van der Waals surface area (Å²) in [4.78, 5) is 23.7. The van der Waals surface area contributed by atoms with Crippen LogP contribution in [-0.2, 0) is 19.4 Å². The minimum atomic E-state index is -3.98. The van der Waals surface area contributed by atoms with Gasteiger partial charge in [-0.25, -0.2) is 21.6 Å². The van der Waals surface area contributed by atoms with E-state index in [9.17, 15) is 31.2 Å². The fourth-order valence-corrected chi connectivity index (χ4v) is 8.62. The van der Waals surface area contributed by atoms with E-state index in [0.717, 1.165) is 6.07 Å². The Morgan fingerprint density at radius 3 is 2.40 bits per heavy atom. The van der Waals surface area contributed by atoms with E-state index < -0.39 is 44.4 Å². The van der Waals surface area contributed by atoms with Crippen molar-refractivity contribution >= 4 is 39.0 Å². The van der Waals surface area contributed by atoms with Gasteiger partial charge >= 0.3 is 5.97 Å². The Balaban J connectivity index is 1.62. The number of anilines is 1. The van der Waals surface area contributed by atoms with Gasteiger partial charge in [0, 0.05) is 30.3 Å². The van der Waals surface area contributed by atoms with Crippen LogP contribution in [0.15, 0.2) is 35.2 Å². The number of carbonyl (C=O) groups excluding carboxylic acids is 2. The first-order valence-corrected chi connectivity index (χ1v) is 12.9. The Morgan fingerprint density at radius 1 is 1.11 bits per heavy atom. The van der Waals surface area contributed by atoms with Crippen molar-refractivity contribution in [3.8, 4) is 0 Å². The molecule has 2 aromatic carbocycles. The summed E-state index contributed by atoms with van der Waals surface area (Å²) < 4.78 is 72.8. The van der Waals surface area contributed by atoms with Gasteiger partial charge in [0.2, 0.25) is 0 Å². The molecule has 2 aliphatic rings. The molecule has 188 valence electrons. The molecule has 2 aromatic rings. The minimum Gasteiger partial charge on any atom is -0.466 e. The summed E-state index contributed by atoms with van der Waals surface area (Å²) in [5, 5.41) is 1.43. The summed E-state index contributed by atoms with van der Waals surface area (Å²) >= 11 is 6.25. The molecule has 2 saturated carbocycles. The lowest BCUT2D eigenvalue weighted by atomic mass is 9.82. The molecular formula is C24H23ClF3NO5S. The number of carbonyl (C=O) groups is 2. The number of benzene rings is 2. The lowest BCUT2D eigenvalue weighted by Crippen LogP contribution is -2.31. The van der Waals surface area contributed by atoms with Crippen molar-refractivity contribution in [1.29, 1.82) is 0 Å². The van der Waals surface area contributed by atoms with Crippen molar-refractivity contribution in [1.82, 2.24) is 0 Å². The number of hydrogen-bond donors (Lipinski definition) is 1. The van der Waals surface area contributed by atoms with Crippen LogP contribution < -0.4 is 5.32 Å². The molecule has 5 atom stereocenters. The summed E-state index contributed by atoms with van der Waals surface area (Å²) in [5.74, 6) is -6.27. The lowest BCUT2D eigenvalue weighted by molar-refractivity contribution is -0.143. The fourth-order valence-electron chi connectivity index (χ4n) is 5.62. The number of sulfone groups is 1. The molecule has 35 heavy (non-hydrogen) atoms. The van der Waals surface area contributed by atoms with E-state index in [-0.39, 0.29) is 51.4 Å². The third kappa shape index (κ3) is 4.78. The molecule has 1 N–H and O–H groups in total. The van der Waals surface area contributed by atoms with Crippen molar-refractivity contribution in [3.63, 3.8) is 0 Å². The van der Waals surface area contributed by atoms with Gasteiger partial charge in [0.25, 0.3) is 5.91 Å². The van der Waals surface area contributed by atoms with E-state index in [4.69, 9.17) is 16.3 Å². The van der Waals surface area contributed by atoms with E-state index in [1.807, 2.05) is 6.92 Å². The van der Waals surface area contributed by atoms with Crippen LogP contribution in [0.25, 0.3) is 0 Å². The molecule has 0 saturated heterocycles. The van der Waals surface area contributed by atoms with Crippen molar-refractivity contribution in [2.45, 2.75) is 36.8 Å². The molecule has 0 aromatic heterocycles. The number of ether oxygens (including phenoxy) is 1. The number of halogens is 4. The van der Waals surface area contributed by atoms with Gasteiger partial charge in [0.1, 0.15) is 0 Å². The second-order valence-corrected chi connectivity index (χ2v) is 11.7. The highest BCUT2D eigenvalue weighted by molar-refractivity contribution is 7.92. The molecule has 2 bridgehead atoms. The van der Waals surface area contributed by atoms with E-state index in [1.165, 1.54) is 19.1 Å². The molecule has 0 radical (unpaired) electrons. The van der Waals surface area contributed by atoms with Crippen LogP contribution >= 0.6 is 11.6 Å². The van der Waals surface area contributed by atoms with Crippen LogP contribution in [0, 0.1) is 41.1 Å². The summed E-state index contributed by atoms with van der Waals surface area (Å²) in [6.07, 6.45) is 1.32. The zero-order valence-corrected chi connectivity index (χ0v) is 20.4. The Labute approximate surface area is 205 Å². The number of nitrogens with one attached hydrogen (secondary N) is 1. The maximum Gasteiger partial charge on any atom is 0.302 e. The van der Waals surface area contributed by atoms with Gasteiger partial charge in [-0.2, -0.15) is 0 Å². The van der Waals surface area contributed by atoms with Gasteiger partial charge in [-0.05, 0) is 54.7 Å². The third-order valence-electron chi connectivity index (χ3n) is 6.93. The summed E-state index contributed by atoms with van der Waals surface area (Å²) in [6, 6.07) is 4.91. The molecule has 0 aliphatic heterocycles. The second-order valence-electron chi connectivity index (χ2n) is 9.21. The molecule has 6 nitrogen and oxygen atoms in total. The Hall–Kier alpha value is -2.59. The average molecular weight is 530 g/mol. The van der Waals surface area contributed by atoms with Gasteiger partial charge in [-0.3, -0.25) is 9.59 Å². The molecular weight excluding hydrogens is 507 g/mol. The summed E-state index contributed by atoms with van der Waals surface area (Å²) in [6.45, 7) is 3.42. The zero-order chi connectivity index (χ0) is 25.7. The predicted molar refractivity (Wildman–Crippen MR) is 122 cm³/mol. The first-order chi connectivity index (χ1) is 16.4. The van der Waals surface area contributed by atoms with Gasteiger partial charge in [0.05, 0.1) is 21.8 Å². The number of amides is 1. The topological polar surface area (TPSA) is 89.5 Å². The monoisotopic (exact) mass is 529 g/mol. The maximum absolute atomic E-state index is 13.7. The van der Waals surface area contributed by atoms with E-state index >= 15 is 0 Å². The van der Waals surface area contributed by atoms with Crippen molar-refractivity contribution in [2.75, 3.05) is 11.9 Å². The molecule has 2 aliphatic carbocycles.